The zero-order chi connectivity index (χ0) is 13.7. The SMILES string of the molecule is CCCN1CCCC(Nc2cccc(F)c2C)CC1. The molecule has 1 fully saturated rings. The lowest BCUT2D eigenvalue weighted by Crippen LogP contribution is -2.27. The number of hydrogen-bond acceptors (Lipinski definition) is 2. The molecule has 1 saturated heterocycles. The molecule has 2 rings (SSSR count). The predicted molar refractivity (Wildman–Crippen MR) is 79.1 cm³/mol. The van der Waals surface area contributed by atoms with E-state index in [1.807, 2.05) is 13.0 Å². The molecule has 1 unspecified atom stereocenters. The van der Waals surface area contributed by atoms with Crippen LogP contribution in [0.1, 0.15) is 38.2 Å². The Morgan fingerprint density at radius 1 is 1.32 bits per heavy atom. The highest BCUT2D eigenvalue weighted by molar-refractivity contribution is 5.51. The summed E-state index contributed by atoms with van der Waals surface area (Å²) >= 11 is 0. The minimum Gasteiger partial charge on any atom is -0.382 e. The second-order valence-corrected chi connectivity index (χ2v) is 5.53. The van der Waals surface area contributed by atoms with Crippen molar-refractivity contribution < 1.29 is 4.39 Å². The highest BCUT2D eigenvalue weighted by Gasteiger charge is 2.17. The minimum absolute atomic E-state index is 0.119. The van der Waals surface area contributed by atoms with Crippen LogP contribution in [0.25, 0.3) is 0 Å². The second kappa shape index (κ2) is 6.90. The number of anilines is 1. The van der Waals surface area contributed by atoms with Crippen LogP contribution in [-0.4, -0.2) is 30.6 Å². The highest BCUT2D eigenvalue weighted by atomic mass is 19.1. The van der Waals surface area contributed by atoms with Crippen LogP contribution in [0.5, 0.6) is 0 Å². The van der Waals surface area contributed by atoms with Gasteiger partial charge in [0.05, 0.1) is 0 Å². The van der Waals surface area contributed by atoms with Crippen LogP contribution in [-0.2, 0) is 0 Å². The fraction of sp³-hybridized carbons (Fsp3) is 0.625. The van der Waals surface area contributed by atoms with E-state index < -0.39 is 0 Å². The molecule has 3 heteroatoms. The molecule has 0 radical (unpaired) electrons. The standard InChI is InChI=1S/C16H25FN2/c1-3-10-19-11-5-6-14(9-12-19)18-16-8-4-7-15(17)13(16)2/h4,7-8,14,18H,3,5-6,9-12H2,1-2H3. The van der Waals surface area contributed by atoms with E-state index in [0.29, 0.717) is 6.04 Å². The van der Waals surface area contributed by atoms with Gasteiger partial charge in [-0.1, -0.05) is 13.0 Å². The first-order valence-corrected chi connectivity index (χ1v) is 7.44. The van der Waals surface area contributed by atoms with E-state index in [0.717, 1.165) is 24.2 Å². The minimum atomic E-state index is -0.119. The van der Waals surface area contributed by atoms with Gasteiger partial charge in [0.2, 0.25) is 0 Å². The number of benzene rings is 1. The smallest absolute Gasteiger partial charge is 0.128 e. The first-order chi connectivity index (χ1) is 9.20. The van der Waals surface area contributed by atoms with Gasteiger partial charge in [0.25, 0.3) is 0 Å². The normalized spacial score (nSPS) is 21.1. The molecule has 106 valence electrons. The molecule has 0 saturated carbocycles. The molecule has 1 aliphatic heterocycles. The van der Waals surface area contributed by atoms with Crippen molar-refractivity contribution in [1.29, 1.82) is 0 Å². The Kier molecular flexibility index (Phi) is 5.20. The molecule has 0 bridgehead atoms. The monoisotopic (exact) mass is 264 g/mol. The summed E-state index contributed by atoms with van der Waals surface area (Å²) in [5.74, 6) is -0.119. The lowest BCUT2D eigenvalue weighted by atomic mass is 10.1. The number of nitrogens with zero attached hydrogens (tertiary/aromatic N) is 1. The van der Waals surface area contributed by atoms with Crippen LogP contribution in [0, 0.1) is 12.7 Å². The van der Waals surface area contributed by atoms with Crippen LogP contribution >= 0.6 is 0 Å². The van der Waals surface area contributed by atoms with Crippen molar-refractivity contribution in [2.45, 2.75) is 45.6 Å². The summed E-state index contributed by atoms with van der Waals surface area (Å²) in [5, 5.41) is 3.53. The van der Waals surface area contributed by atoms with Gasteiger partial charge in [0.15, 0.2) is 0 Å². The van der Waals surface area contributed by atoms with Crippen LogP contribution in [0.4, 0.5) is 10.1 Å². The van der Waals surface area contributed by atoms with E-state index in [1.165, 1.54) is 38.4 Å². The van der Waals surface area contributed by atoms with Crippen LogP contribution in [0.15, 0.2) is 18.2 Å². The zero-order valence-corrected chi connectivity index (χ0v) is 12.1. The molecule has 0 aromatic heterocycles. The molecular formula is C16H25FN2. The Labute approximate surface area is 116 Å². The second-order valence-electron chi connectivity index (χ2n) is 5.53. The third kappa shape index (κ3) is 3.93. The topological polar surface area (TPSA) is 15.3 Å². The van der Waals surface area contributed by atoms with Crippen LogP contribution in [0.2, 0.25) is 0 Å². The van der Waals surface area contributed by atoms with Gasteiger partial charge in [-0.25, -0.2) is 4.39 Å². The third-order valence-electron chi connectivity index (χ3n) is 3.99. The van der Waals surface area contributed by atoms with Gasteiger partial charge in [0.1, 0.15) is 5.82 Å². The average Bonchev–Trinajstić information content (AvgIpc) is 2.61. The number of rotatable bonds is 4. The van der Waals surface area contributed by atoms with Gasteiger partial charge in [-0.3, -0.25) is 0 Å². The Morgan fingerprint density at radius 3 is 2.95 bits per heavy atom. The van der Waals surface area contributed by atoms with Crippen molar-refractivity contribution >= 4 is 5.69 Å². The third-order valence-corrected chi connectivity index (χ3v) is 3.99. The lowest BCUT2D eigenvalue weighted by molar-refractivity contribution is 0.285. The van der Waals surface area contributed by atoms with E-state index in [1.54, 1.807) is 6.07 Å². The highest BCUT2D eigenvalue weighted by Crippen LogP contribution is 2.21. The van der Waals surface area contributed by atoms with E-state index in [-0.39, 0.29) is 5.82 Å². The Bertz CT molecular complexity index is 406. The van der Waals surface area contributed by atoms with Crippen LogP contribution < -0.4 is 5.32 Å². The van der Waals surface area contributed by atoms with E-state index in [2.05, 4.69) is 17.1 Å². The Hall–Kier alpha value is -1.09. The number of likely N-dealkylation sites (tertiary alicyclic amines) is 1. The van der Waals surface area contributed by atoms with Crippen molar-refractivity contribution in [2.75, 3.05) is 25.0 Å². The van der Waals surface area contributed by atoms with Crippen molar-refractivity contribution in [3.8, 4) is 0 Å². The molecule has 1 atom stereocenters. The summed E-state index contributed by atoms with van der Waals surface area (Å²) in [6.07, 6.45) is 4.78. The number of hydrogen-bond donors (Lipinski definition) is 1. The molecule has 1 aromatic rings. The number of halogens is 1. The zero-order valence-electron chi connectivity index (χ0n) is 12.1. The maximum absolute atomic E-state index is 13.5. The summed E-state index contributed by atoms with van der Waals surface area (Å²) in [5.41, 5.74) is 1.69. The maximum Gasteiger partial charge on any atom is 0.128 e. The Morgan fingerprint density at radius 2 is 2.16 bits per heavy atom. The molecule has 1 heterocycles. The maximum atomic E-state index is 13.5. The first-order valence-electron chi connectivity index (χ1n) is 7.44. The van der Waals surface area contributed by atoms with Crippen LogP contribution in [0.3, 0.4) is 0 Å². The molecule has 0 aliphatic carbocycles. The average molecular weight is 264 g/mol. The van der Waals surface area contributed by atoms with Crippen molar-refractivity contribution in [3.63, 3.8) is 0 Å². The molecule has 1 N–H and O–H groups in total. The van der Waals surface area contributed by atoms with Gasteiger partial charge in [0, 0.05) is 23.8 Å². The molecule has 0 amide bonds. The fourth-order valence-electron chi connectivity index (χ4n) is 2.82. The van der Waals surface area contributed by atoms with E-state index in [4.69, 9.17) is 0 Å². The van der Waals surface area contributed by atoms with Gasteiger partial charge in [-0.05, 0) is 57.8 Å². The fourth-order valence-corrected chi connectivity index (χ4v) is 2.82. The van der Waals surface area contributed by atoms with E-state index >= 15 is 0 Å². The molecule has 19 heavy (non-hydrogen) atoms. The summed E-state index contributed by atoms with van der Waals surface area (Å²) in [6, 6.07) is 5.76. The summed E-state index contributed by atoms with van der Waals surface area (Å²) in [6.45, 7) is 7.63. The van der Waals surface area contributed by atoms with Gasteiger partial charge in [-0.2, -0.15) is 0 Å². The van der Waals surface area contributed by atoms with E-state index in [9.17, 15) is 4.39 Å². The summed E-state index contributed by atoms with van der Waals surface area (Å²) in [4.78, 5) is 2.54. The first kappa shape index (κ1) is 14.3. The summed E-state index contributed by atoms with van der Waals surface area (Å²) < 4.78 is 13.5. The molecular weight excluding hydrogens is 239 g/mol. The lowest BCUT2D eigenvalue weighted by Gasteiger charge is -2.21. The quantitative estimate of drug-likeness (QED) is 0.889. The number of nitrogens with one attached hydrogen (secondary N) is 1. The van der Waals surface area contributed by atoms with Crippen molar-refractivity contribution in [2.24, 2.45) is 0 Å². The molecule has 1 aliphatic rings. The summed E-state index contributed by atoms with van der Waals surface area (Å²) in [7, 11) is 0. The molecule has 0 spiro atoms. The van der Waals surface area contributed by atoms with Gasteiger partial charge < -0.3 is 10.2 Å². The van der Waals surface area contributed by atoms with Gasteiger partial charge in [-0.15, -0.1) is 0 Å². The molecule has 1 aromatic carbocycles. The molecule has 2 nitrogen and oxygen atoms in total. The van der Waals surface area contributed by atoms with Crippen molar-refractivity contribution in [1.82, 2.24) is 4.90 Å². The van der Waals surface area contributed by atoms with Gasteiger partial charge >= 0.3 is 0 Å². The predicted octanol–water partition coefficient (Wildman–Crippen LogP) is 3.81. The Balaban J connectivity index is 1.94. The van der Waals surface area contributed by atoms with Crippen molar-refractivity contribution in [3.05, 3.63) is 29.6 Å². The largest absolute Gasteiger partial charge is 0.382 e.